The summed E-state index contributed by atoms with van der Waals surface area (Å²) in [5.41, 5.74) is -0.768. The molecule has 0 aliphatic carbocycles. The number of rotatable bonds is 3. The molecule has 0 bridgehead atoms. The fourth-order valence-electron chi connectivity index (χ4n) is 2.93. The summed E-state index contributed by atoms with van der Waals surface area (Å²) in [6.07, 6.45) is -0.451. The van der Waals surface area contributed by atoms with Crippen LogP contribution in [-0.2, 0) is 14.8 Å². The van der Waals surface area contributed by atoms with Gasteiger partial charge >= 0.3 is 6.09 Å². The Bertz CT molecular complexity index is 803. The predicted octanol–water partition coefficient (Wildman–Crippen LogP) is 1.59. The second-order valence-electron chi connectivity index (χ2n) is 7.11. The molecule has 0 aromatic heterocycles. The molecular formula is C15H19N3O6S. The number of carbonyl (C=O) groups is 1. The number of carbonyl (C=O) groups excluding carboxylic acids is 1. The standard InChI is InChI=1S/C15H19N3O6S/c1-15(2,3)24-14(19)16-8-12-13(9-16)17(12)25(22,23)11-6-4-10(5-7-11)18(20)21/h4-7,12-13H,8-9H2,1-3H3. The van der Waals surface area contributed by atoms with E-state index in [0.29, 0.717) is 0 Å². The summed E-state index contributed by atoms with van der Waals surface area (Å²) >= 11 is 0. The largest absolute Gasteiger partial charge is 0.444 e. The van der Waals surface area contributed by atoms with E-state index < -0.39 is 26.6 Å². The van der Waals surface area contributed by atoms with Crippen LogP contribution >= 0.6 is 0 Å². The Hall–Kier alpha value is -2.20. The van der Waals surface area contributed by atoms with E-state index in [1.165, 1.54) is 33.5 Å². The highest BCUT2D eigenvalue weighted by atomic mass is 32.2. The van der Waals surface area contributed by atoms with Crippen LogP contribution < -0.4 is 0 Å². The van der Waals surface area contributed by atoms with Crippen LogP contribution in [-0.4, -0.2) is 59.4 Å². The molecule has 25 heavy (non-hydrogen) atoms. The molecule has 1 aromatic rings. The van der Waals surface area contributed by atoms with E-state index in [2.05, 4.69) is 0 Å². The highest BCUT2D eigenvalue weighted by molar-refractivity contribution is 7.89. The van der Waals surface area contributed by atoms with E-state index in [-0.39, 0.29) is 35.8 Å². The van der Waals surface area contributed by atoms with Gasteiger partial charge in [-0.25, -0.2) is 13.2 Å². The number of nitrogens with zero attached hydrogens (tertiary/aromatic N) is 3. The minimum atomic E-state index is -3.72. The maximum absolute atomic E-state index is 12.6. The molecule has 1 amide bonds. The number of nitro groups is 1. The molecule has 9 nitrogen and oxygen atoms in total. The highest BCUT2D eigenvalue weighted by Crippen LogP contribution is 2.41. The van der Waals surface area contributed by atoms with Crippen molar-refractivity contribution >= 4 is 21.8 Å². The molecule has 0 spiro atoms. The average molecular weight is 369 g/mol. The van der Waals surface area contributed by atoms with Gasteiger partial charge in [0.1, 0.15) is 5.60 Å². The second kappa shape index (κ2) is 5.67. The fourth-order valence-corrected chi connectivity index (χ4v) is 4.73. The number of piperazine rings is 1. The summed E-state index contributed by atoms with van der Waals surface area (Å²) in [6, 6.07) is 4.25. The van der Waals surface area contributed by atoms with Crippen LogP contribution in [0.2, 0.25) is 0 Å². The number of hydrogen-bond donors (Lipinski definition) is 0. The van der Waals surface area contributed by atoms with Crippen LogP contribution in [0.25, 0.3) is 0 Å². The Morgan fingerprint density at radius 1 is 1.20 bits per heavy atom. The number of likely N-dealkylation sites (tertiary alicyclic amines) is 1. The number of hydrogen-bond acceptors (Lipinski definition) is 6. The van der Waals surface area contributed by atoms with Gasteiger partial charge in [-0.15, -0.1) is 0 Å². The van der Waals surface area contributed by atoms with Crippen molar-refractivity contribution in [2.45, 2.75) is 43.4 Å². The van der Waals surface area contributed by atoms with Gasteiger partial charge in [0.25, 0.3) is 5.69 Å². The van der Waals surface area contributed by atoms with Gasteiger partial charge in [0.15, 0.2) is 0 Å². The first-order chi connectivity index (χ1) is 11.5. The van der Waals surface area contributed by atoms with E-state index in [9.17, 15) is 23.3 Å². The molecule has 2 fully saturated rings. The van der Waals surface area contributed by atoms with Crippen molar-refractivity contribution in [3.8, 4) is 0 Å². The van der Waals surface area contributed by atoms with E-state index >= 15 is 0 Å². The summed E-state index contributed by atoms with van der Waals surface area (Å²) in [4.78, 5) is 23.6. The summed E-state index contributed by atoms with van der Waals surface area (Å²) in [5, 5.41) is 10.7. The van der Waals surface area contributed by atoms with Gasteiger partial charge < -0.3 is 9.64 Å². The molecular weight excluding hydrogens is 350 g/mol. The summed E-state index contributed by atoms with van der Waals surface area (Å²) in [7, 11) is -3.72. The molecule has 1 aromatic carbocycles. The van der Waals surface area contributed by atoms with Crippen molar-refractivity contribution in [1.82, 2.24) is 9.21 Å². The van der Waals surface area contributed by atoms with E-state index in [0.717, 1.165) is 0 Å². The van der Waals surface area contributed by atoms with Crippen LogP contribution in [0.4, 0.5) is 10.5 Å². The van der Waals surface area contributed by atoms with Gasteiger partial charge in [-0.05, 0) is 32.9 Å². The number of ether oxygens (including phenoxy) is 1. The third-order valence-corrected chi connectivity index (χ3v) is 6.06. The smallest absolute Gasteiger partial charge is 0.410 e. The molecule has 10 heteroatoms. The molecule has 0 N–H and O–H groups in total. The monoisotopic (exact) mass is 369 g/mol. The zero-order valence-electron chi connectivity index (χ0n) is 14.1. The van der Waals surface area contributed by atoms with Gasteiger partial charge in [-0.2, -0.15) is 4.31 Å². The fraction of sp³-hybridized carbons (Fsp3) is 0.533. The van der Waals surface area contributed by atoms with Crippen LogP contribution in [0.5, 0.6) is 0 Å². The van der Waals surface area contributed by atoms with Crippen molar-refractivity contribution in [3.63, 3.8) is 0 Å². The Balaban J connectivity index is 1.66. The van der Waals surface area contributed by atoms with E-state index in [1.807, 2.05) is 0 Å². The number of fused-ring (bicyclic) bond motifs is 1. The lowest BCUT2D eigenvalue weighted by Crippen LogP contribution is -2.39. The molecule has 0 saturated carbocycles. The Labute approximate surface area is 145 Å². The lowest BCUT2D eigenvalue weighted by molar-refractivity contribution is -0.384. The normalized spacial score (nSPS) is 25.4. The Morgan fingerprint density at radius 2 is 1.72 bits per heavy atom. The first-order valence-corrected chi connectivity index (χ1v) is 9.20. The van der Waals surface area contributed by atoms with Gasteiger partial charge in [0, 0.05) is 25.2 Å². The van der Waals surface area contributed by atoms with Crippen LogP contribution in [0.15, 0.2) is 29.2 Å². The Morgan fingerprint density at radius 3 is 2.16 bits per heavy atom. The molecule has 2 aliphatic rings. The molecule has 2 saturated heterocycles. The summed E-state index contributed by atoms with van der Waals surface area (Å²) < 4.78 is 31.9. The van der Waals surface area contributed by atoms with E-state index in [4.69, 9.17) is 4.74 Å². The number of sulfonamides is 1. The zero-order valence-corrected chi connectivity index (χ0v) is 14.9. The number of benzene rings is 1. The van der Waals surface area contributed by atoms with E-state index in [1.54, 1.807) is 20.8 Å². The molecule has 2 atom stereocenters. The molecule has 2 heterocycles. The third kappa shape index (κ3) is 3.31. The highest BCUT2D eigenvalue weighted by Gasteiger charge is 2.61. The van der Waals surface area contributed by atoms with Crippen molar-refractivity contribution in [2.75, 3.05) is 13.1 Å². The minimum Gasteiger partial charge on any atom is -0.444 e. The van der Waals surface area contributed by atoms with Crippen molar-refractivity contribution in [1.29, 1.82) is 0 Å². The first-order valence-electron chi connectivity index (χ1n) is 7.76. The van der Waals surface area contributed by atoms with Crippen LogP contribution in [0.3, 0.4) is 0 Å². The Kier molecular flexibility index (Phi) is 3.99. The number of nitro benzene ring substituents is 1. The molecule has 2 aliphatic heterocycles. The van der Waals surface area contributed by atoms with Crippen molar-refractivity contribution in [2.24, 2.45) is 0 Å². The third-order valence-electron chi connectivity index (χ3n) is 4.10. The van der Waals surface area contributed by atoms with Gasteiger partial charge in [0.05, 0.1) is 21.9 Å². The quantitative estimate of drug-likeness (QED) is 0.454. The lowest BCUT2D eigenvalue weighted by atomic mass is 10.2. The van der Waals surface area contributed by atoms with Crippen LogP contribution in [0, 0.1) is 10.1 Å². The molecule has 2 unspecified atom stereocenters. The van der Waals surface area contributed by atoms with Crippen molar-refractivity contribution < 1.29 is 22.9 Å². The van der Waals surface area contributed by atoms with Crippen molar-refractivity contribution in [3.05, 3.63) is 34.4 Å². The maximum Gasteiger partial charge on any atom is 0.410 e. The minimum absolute atomic E-state index is 0.0105. The first kappa shape index (κ1) is 17.6. The second-order valence-corrected chi connectivity index (χ2v) is 8.95. The number of non-ortho nitro benzene ring substituents is 1. The molecule has 3 rings (SSSR count). The SMILES string of the molecule is CC(C)(C)OC(=O)N1CC2C(C1)N2S(=O)(=O)c1ccc([N+](=O)[O-])cc1. The average Bonchev–Trinajstić information content (AvgIpc) is 3.02. The predicted molar refractivity (Wildman–Crippen MR) is 87.5 cm³/mol. The lowest BCUT2D eigenvalue weighted by Gasteiger charge is -2.26. The molecule has 0 radical (unpaired) electrons. The molecule has 136 valence electrons. The van der Waals surface area contributed by atoms with Gasteiger partial charge in [0.2, 0.25) is 10.0 Å². The maximum atomic E-state index is 12.6. The topological polar surface area (TPSA) is 110 Å². The summed E-state index contributed by atoms with van der Waals surface area (Å²) in [5.74, 6) is 0. The van der Waals surface area contributed by atoms with Crippen LogP contribution in [0.1, 0.15) is 20.8 Å². The summed E-state index contributed by atoms with van der Waals surface area (Å²) in [6.45, 7) is 5.88. The van der Waals surface area contributed by atoms with Gasteiger partial charge in [-0.1, -0.05) is 0 Å². The number of amides is 1. The van der Waals surface area contributed by atoms with Gasteiger partial charge in [-0.3, -0.25) is 10.1 Å². The zero-order chi connectivity index (χ0) is 18.6.